The molecule has 3 aromatic heterocycles. The number of anilines is 1. The van der Waals surface area contributed by atoms with Crippen molar-refractivity contribution in [1.82, 2.24) is 15.1 Å². The fraction of sp³-hybridized carbons (Fsp3) is 0.100. The van der Waals surface area contributed by atoms with E-state index >= 15 is 0 Å². The SMILES string of the molecule is COc1cccc(-c2noc(C)c2C(=O)Nc2nc(-c3ccccn3)cs2)c1. The summed E-state index contributed by atoms with van der Waals surface area (Å²) in [4.78, 5) is 21.6. The third kappa shape index (κ3) is 3.49. The van der Waals surface area contributed by atoms with Crippen LogP contribution >= 0.6 is 11.3 Å². The van der Waals surface area contributed by atoms with Crippen molar-refractivity contribution in [1.29, 1.82) is 0 Å². The molecule has 0 unspecified atom stereocenters. The molecule has 0 atom stereocenters. The summed E-state index contributed by atoms with van der Waals surface area (Å²) in [5, 5.41) is 9.21. The lowest BCUT2D eigenvalue weighted by Crippen LogP contribution is -2.13. The van der Waals surface area contributed by atoms with Gasteiger partial charge in [0.15, 0.2) is 5.13 Å². The second-order valence-electron chi connectivity index (χ2n) is 5.90. The summed E-state index contributed by atoms with van der Waals surface area (Å²) in [7, 11) is 1.59. The van der Waals surface area contributed by atoms with E-state index in [1.807, 2.05) is 41.8 Å². The number of benzene rings is 1. The van der Waals surface area contributed by atoms with Crippen LogP contribution < -0.4 is 10.1 Å². The Bertz CT molecular complexity index is 1120. The summed E-state index contributed by atoms with van der Waals surface area (Å²) >= 11 is 1.33. The Balaban J connectivity index is 1.61. The number of pyridine rings is 1. The van der Waals surface area contributed by atoms with E-state index in [9.17, 15) is 4.79 Å². The van der Waals surface area contributed by atoms with Crippen LogP contribution in [0.25, 0.3) is 22.6 Å². The molecule has 1 aromatic carbocycles. The van der Waals surface area contributed by atoms with Gasteiger partial charge in [-0.05, 0) is 31.2 Å². The molecule has 7 nitrogen and oxygen atoms in total. The minimum atomic E-state index is -0.335. The average molecular weight is 392 g/mol. The van der Waals surface area contributed by atoms with Gasteiger partial charge in [-0.3, -0.25) is 15.1 Å². The molecular formula is C20H16N4O3S. The molecule has 0 spiro atoms. The number of nitrogens with one attached hydrogen (secondary N) is 1. The quantitative estimate of drug-likeness (QED) is 0.540. The van der Waals surface area contributed by atoms with Gasteiger partial charge in [0.1, 0.15) is 28.5 Å². The Morgan fingerprint density at radius 2 is 2.07 bits per heavy atom. The number of aromatic nitrogens is 3. The molecule has 0 aliphatic carbocycles. The fourth-order valence-corrected chi connectivity index (χ4v) is 3.43. The van der Waals surface area contributed by atoms with Crippen molar-refractivity contribution >= 4 is 22.4 Å². The molecule has 4 aromatic rings. The van der Waals surface area contributed by atoms with Crippen molar-refractivity contribution in [2.45, 2.75) is 6.92 Å². The number of amides is 1. The van der Waals surface area contributed by atoms with Crippen LogP contribution in [0.3, 0.4) is 0 Å². The first-order chi connectivity index (χ1) is 13.7. The topological polar surface area (TPSA) is 90.1 Å². The Hall–Kier alpha value is -3.52. The molecule has 8 heteroatoms. The van der Waals surface area contributed by atoms with Crippen molar-refractivity contribution in [3.63, 3.8) is 0 Å². The van der Waals surface area contributed by atoms with E-state index in [0.717, 1.165) is 11.3 Å². The lowest BCUT2D eigenvalue weighted by molar-refractivity contribution is 0.102. The zero-order chi connectivity index (χ0) is 19.5. The third-order valence-electron chi connectivity index (χ3n) is 4.08. The molecule has 140 valence electrons. The van der Waals surface area contributed by atoms with Crippen LogP contribution in [-0.2, 0) is 0 Å². The van der Waals surface area contributed by atoms with Crippen molar-refractivity contribution in [3.05, 3.63) is 65.4 Å². The Morgan fingerprint density at radius 3 is 2.86 bits per heavy atom. The van der Waals surface area contributed by atoms with Crippen LogP contribution in [0.1, 0.15) is 16.1 Å². The van der Waals surface area contributed by atoms with Gasteiger partial charge >= 0.3 is 0 Å². The maximum absolute atomic E-state index is 12.9. The van der Waals surface area contributed by atoms with E-state index in [4.69, 9.17) is 9.26 Å². The van der Waals surface area contributed by atoms with Crippen molar-refractivity contribution < 1.29 is 14.1 Å². The lowest BCUT2D eigenvalue weighted by Gasteiger charge is -2.05. The molecule has 0 bridgehead atoms. The highest BCUT2D eigenvalue weighted by molar-refractivity contribution is 7.14. The number of thiazole rings is 1. The predicted octanol–water partition coefficient (Wildman–Crippen LogP) is 4.43. The first-order valence-electron chi connectivity index (χ1n) is 8.44. The zero-order valence-corrected chi connectivity index (χ0v) is 16.0. The van der Waals surface area contributed by atoms with Gasteiger partial charge < -0.3 is 9.26 Å². The van der Waals surface area contributed by atoms with Gasteiger partial charge in [0.05, 0.1) is 12.8 Å². The minimum absolute atomic E-state index is 0.335. The monoisotopic (exact) mass is 392 g/mol. The summed E-state index contributed by atoms with van der Waals surface area (Å²) in [6.45, 7) is 1.70. The standard InChI is InChI=1S/C20H16N4O3S/c1-12-17(18(24-27-12)13-6-5-7-14(10-13)26-2)19(25)23-20-22-16(11-28-20)15-8-3-4-9-21-15/h3-11H,1-2H3,(H,22,23,25). The van der Waals surface area contributed by atoms with E-state index in [1.54, 1.807) is 26.3 Å². The summed E-state index contributed by atoms with van der Waals surface area (Å²) in [5.41, 5.74) is 3.00. The van der Waals surface area contributed by atoms with E-state index in [1.165, 1.54) is 11.3 Å². The summed E-state index contributed by atoms with van der Waals surface area (Å²) in [6.07, 6.45) is 1.70. The summed E-state index contributed by atoms with van der Waals surface area (Å²) in [5.74, 6) is 0.764. The van der Waals surface area contributed by atoms with E-state index in [2.05, 4.69) is 20.4 Å². The summed E-state index contributed by atoms with van der Waals surface area (Å²) < 4.78 is 10.5. The molecule has 0 radical (unpaired) electrons. The maximum Gasteiger partial charge on any atom is 0.263 e. The molecule has 0 saturated heterocycles. The number of hydrogen-bond donors (Lipinski definition) is 1. The van der Waals surface area contributed by atoms with Crippen LogP contribution in [0, 0.1) is 6.92 Å². The molecule has 4 rings (SSSR count). The van der Waals surface area contributed by atoms with Gasteiger partial charge in [0.2, 0.25) is 0 Å². The number of carbonyl (C=O) groups is 1. The molecule has 28 heavy (non-hydrogen) atoms. The van der Waals surface area contributed by atoms with Crippen LogP contribution in [0.5, 0.6) is 5.75 Å². The molecule has 0 aliphatic rings. The first-order valence-corrected chi connectivity index (χ1v) is 9.32. The Labute approximate surface area is 165 Å². The van der Waals surface area contributed by atoms with Crippen LogP contribution in [0.15, 0.2) is 58.6 Å². The van der Waals surface area contributed by atoms with Crippen molar-refractivity contribution in [2.75, 3.05) is 12.4 Å². The number of rotatable bonds is 5. The third-order valence-corrected chi connectivity index (χ3v) is 4.84. The average Bonchev–Trinajstić information content (AvgIpc) is 3.35. The molecule has 0 saturated carbocycles. The van der Waals surface area contributed by atoms with Gasteiger partial charge in [-0.15, -0.1) is 11.3 Å². The van der Waals surface area contributed by atoms with Crippen molar-refractivity contribution in [3.8, 4) is 28.4 Å². The number of nitrogens with zero attached hydrogens (tertiary/aromatic N) is 3. The van der Waals surface area contributed by atoms with E-state index in [0.29, 0.717) is 33.6 Å². The van der Waals surface area contributed by atoms with Crippen molar-refractivity contribution in [2.24, 2.45) is 0 Å². The maximum atomic E-state index is 12.9. The number of ether oxygens (including phenoxy) is 1. The first kappa shape index (κ1) is 17.9. The van der Waals surface area contributed by atoms with Gasteiger partial charge in [-0.2, -0.15) is 0 Å². The smallest absolute Gasteiger partial charge is 0.263 e. The zero-order valence-electron chi connectivity index (χ0n) is 15.2. The van der Waals surface area contributed by atoms with E-state index in [-0.39, 0.29) is 5.91 Å². The van der Waals surface area contributed by atoms with Crippen LogP contribution in [0.2, 0.25) is 0 Å². The molecule has 0 fully saturated rings. The fourth-order valence-electron chi connectivity index (χ4n) is 2.73. The summed E-state index contributed by atoms with van der Waals surface area (Å²) in [6, 6.07) is 12.9. The number of carbonyl (C=O) groups excluding carboxylic acids is 1. The highest BCUT2D eigenvalue weighted by Crippen LogP contribution is 2.29. The second kappa shape index (κ2) is 7.61. The molecule has 1 amide bonds. The van der Waals surface area contributed by atoms with Gasteiger partial charge in [-0.1, -0.05) is 23.4 Å². The number of hydrogen-bond acceptors (Lipinski definition) is 7. The molecule has 1 N–H and O–H groups in total. The molecular weight excluding hydrogens is 376 g/mol. The Kier molecular flexibility index (Phi) is 4.86. The van der Waals surface area contributed by atoms with Gasteiger partial charge in [0, 0.05) is 17.1 Å². The van der Waals surface area contributed by atoms with Gasteiger partial charge in [0.25, 0.3) is 5.91 Å². The molecule has 3 heterocycles. The predicted molar refractivity (Wildman–Crippen MR) is 107 cm³/mol. The van der Waals surface area contributed by atoms with Crippen LogP contribution in [-0.4, -0.2) is 28.1 Å². The highest BCUT2D eigenvalue weighted by Gasteiger charge is 2.23. The Morgan fingerprint density at radius 1 is 1.18 bits per heavy atom. The van der Waals surface area contributed by atoms with Crippen LogP contribution in [0.4, 0.5) is 5.13 Å². The largest absolute Gasteiger partial charge is 0.497 e. The van der Waals surface area contributed by atoms with Gasteiger partial charge in [-0.25, -0.2) is 4.98 Å². The normalized spacial score (nSPS) is 10.6. The highest BCUT2D eigenvalue weighted by atomic mass is 32.1. The second-order valence-corrected chi connectivity index (χ2v) is 6.76. The number of methoxy groups -OCH3 is 1. The minimum Gasteiger partial charge on any atom is -0.497 e. The van der Waals surface area contributed by atoms with E-state index < -0.39 is 0 Å². The number of aryl methyl sites for hydroxylation is 1. The molecule has 0 aliphatic heterocycles. The lowest BCUT2D eigenvalue weighted by atomic mass is 10.1.